The van der Waals surface area contributed by atoms with Gasteiger partial charge >= 0.3 is 0 Å². The Kier molecular flexibility index (Phi) is 2.69. The fourth-order valence-corrected chi connectivity index (χ4v) is 2.06. The first-order chi connectivity index (χ1) is 7.63. The molecule has 0 amide bonds. The van der Waals surface area contributed by atoms with E-state index in [2.05, 4.69) is 41.7 Å². The molecule has 1 aromatic rings. The van der Waals surface area contributed by atoms with Crippen LogP contribution in [0, 0.1) is 11.3 Å². The van der Waals surface area contributed by atoms with E-state index in [-0.39, 0.29) is 0 Å². The molecule has 4 nitrogen and oxygen atoms in total. The summed E-state index contributed by atoms with van der Waals surface area (Å²) in [6.45, 7) is 6.34. The summed E-state index contributed by atoms with van der Waals surface area (Å²) in [5.74, 6) is 0. The predicted molar refractivity (Wildman–Crippen MR) is 64.7 cm³/mol. The van der Waals surface area contributed by atoms with Crippen LogP contribution in [0.5, 0.6) is 0 Å². The van der Waals surface area contributed by atoms with Crippen LogP contribution in [0.25, 0.3) is 0 Å². The van der Waals surface area contributed by atoms with Gasteiger partial charge in [-0.3, -0.25) is 0 Å². The molecule has 0 aromatic carbocycles. The molecule has 0 bridgehead atoms. The average Bonchev–Trinajstić information content (AvgIpc) is 2.29. The number of anilines is 2. The average molecular weight is 216 g/mol. The van der Waals surface area contributed by atoms with Gasteiger partial charge in [0.1, 0.15) is 11.8 Å². The van der Waals surface area contributed by atoms with Crippen LogP contribution in [0.15, 0.2) is 12.3 Å². The highest BCUT2D eigenvalue weighted by atomic mass is 15.3. The minimum atomic E-state index is 0.460. The van der Waals surface area contributed by atoms with Gasteiger partial charge in [-0.2, -0.15) is 5.26 Å². The maximum absolute atomic E-state index is 8.86. The summed E-state index contributed by atoms with van der Waals surface area (Å²) in [4.78, 5) is 8.65. The van der Waals surface area contributed by atoms with Gasteiger partial charge in [0.15, 0.2) is 0 Å². The van der Waals surface area contributed by atoms with E-state index >= 15 is 0 Å². The Morgan fingerprint density at radius 3 is 2.75 bits per heavy atom. The van der Waals surface area contributed by atoms with Crippen molar-refractivity contribution in [3.63, 3.8) is 0 Å². The molecule has 0 N–H and O–H groups in total. The SMILES string of the molecule is CC(C)N1CCN(C)c2cc(C#N)ncc21. The number of aromatic nitrogens is 1. The van der Waals surface area contributed by atoms with E-state index in [9.17, 15) is 0 Å². The third-order valence-corrected chi connectivity index (χ3v) is 3.00. The zero-order chi connectivity index (χ0) is 11.7. The molecule has 4 heteroatoms. The highest BCUT2D eigenvalue weighted by Crippen LogP contribution is 2.32. The number of nitriles is 1. The fourth-order valence-electron chi connectivity index (χ4n) is 2.06. The molecule has 16 heavy (non-hydrogen) atoms. The third kappa shape index (κ3) is 1.69. The normalized spacial score (nSPS) is 14.9. The van der Waals surface area contributed by atoms with Crippen LogP contribution in [-0.4, -0.2) is 31.2 Å². The van der Waals surface area contributed by atoms with Gasteiger partial charge < -0.3 is 9.80 Å². The van der Waals surface area contributed by atoms with Crippen molar-refractivity contribution in [3.8, 4) is 6.07 Å². The smallest absolute Gasteiger partial charge is 0.142 e. The Morgan fingerprint density at radius 2 is 2.12 bits per heavy atom. The van der Waals surface area contributed by atoms with Crippen molar-refractivity contribution < 1.29 is 0 Å². The molecule has 0 unspecified atom stereocenters. The maximum atomic E-state index is 8.86. The fraction of sp³-hybridized carbons (Fsp3) is 0.500. The van der Waals surface area contributed by atoms with Crippen LogP contribution >= 0.6 is 0 Å². The number of rotatable bonds is 1. The largest absolute Gasteiger partial charge is 0.371 e. The topological polar surface area (TPSA) is 43.2 Å². The molecule has 2 heterocycles. The van der Waals surface area contributed by atoms with Crippen molar-refractivity contribution in [2.24, 2.45) is 0 Å². The number of likely N-dealkylation sites (N-methyl/N-ethyl adjacent to an activating group) is 1. The van der Waals surface area contributed by atoms with E-state index in [4.69, 9.17) is 5.26 Å². The Balaban J connectivity index is 2.48. The molecule has 0 fully saturated rings. The van der Waals surface area contributed by atoms with Gasteiger partial charge in [0, 0.05) is 32.2 Å². The van der Waals surface area contributed by atoms with E-state index in [1.165, 1.54) is 0 Å². The number of nitrogens with zero attached hydrogens (tertiary/aromatic N) is 4. The number of hydrogen-bond acceptors (Lipinski definition) is 4. The Morgan fingerprint density at radius 1 is 1.38 bits per heavy atom. The molecular formula is C12H16N4. The van der Waals surface area contributed by atoms with Crippen molar-refractivity contribution in [1.82, 2.24) is 4.98 Å². The number of hydrogen-bond donors (Lipinski definition) is 0. The quantitative estimate of drug-likeness (QED) is 0.715. The van der Waals surface area contributed by atoms with Crippen LogP contribution in [-0.2, 0) is 0 Å². The zero-order valence-corrected chi connectivity index (χ0v) is 9.94. The summed E-state index contributed by atoms with van der Waals surface area (Å²) < 4.78 is 0. The highest BCUT2D eigenvalue weighted by molar-refractivity contribution is 5.73. The van der Waals surface area contributed by atoms with Gasteiger partial charge in [0.25, 0.3) is 0 Å². The van der Waals surface area contributed by atoms with Gasteiger partial charge in [0.05, 0.1) is 17.6 Å². The van der Waals surface area contributed by atoms with Crippen LogP contribution < -0.4 is 9.80 Å². The lowest BCUT2D eigenvalue weighted by molar-refractivity contribution is 0.653. The number of fused-ring (bicyclic) bond motifs is 1. The molecule has 1 aromatic heterocycles. The van der Waals surface area contributed by atoms with Crippen LogP contribution in [0.1, 0.15) is 19.5 Å². The van der Waals surface area contributed by atoms with Crippen LogP contribution in [0.2, 0.25) is 0 Å². The van der Waals surface area contributed by atoms with Gasteiger partial charge in [-0.25, -0.2) is 4.98 Å². The summed E-state index contributed by atoms with van der Waals surface area (Å²) in [7, 11) is 2.05. The molecule has 0 aliphatic carbocycles. The number of pyridine rings is 1. The van der Waals surface area contributed by atoms with E-state index in [1.807, 2.05) is 12.3 Å². The van der Waals surface area contributed by atoms with Crippen molar-refractivity contribution in [1.29, 1.82) is 5.26 Å². The molecule has 0 atom stereocenters. The second kappa shape index (κ2) is 4.01. The van der Waals surface area contributed by atoms with Crippen LogP contribution in [0.4, 0.5) is 11.4 Å². The molecule has 0 spiro atoms. The molecule has 2 rings (SSSR count). The molecule has 1 aliphatic rings. The van der Waals surface area contributed by atoms with E-state index < -0.39 is 0 Å². The summed E-state index contributed by atoms with van der Waals surface area (Å²) in [5, 5.41) is 8.86. The monoisotopic (exact) mass is 216 g/mol. The van der Waals surface area contributed by atoms with E-state index in [1.54, 1.807) is 0 Å². The van der Waals surface area contributed by atoms with Gasteiger partial charge in [-0.05, 0) is 13.8 Å². The Bertz CT molecular complexity index is 433. The molecular weight excluding hydrogens is 200 g/mol. The van der Waals surface area contributed by atoms with Crippen molar-refractivity contribution in [2.45, 2.75) is 19.9 Å². The van der Waals surface area contributed by atoms with Gasteiger partial charge in [-0.15, -0.1) is 0 Å². The van der Waals surface area contributed by atoms with E-state index in [0.29, 0.717) is 11.7 Å². The second-order valence-electron chi connectivity index (χ2n) is 4.38. The highest BCUT2D eigenvalue weighted by Gasteiger charge is 2.22. The predicted octanol–water partition coefficient (Wildman–Crippen LogP) is 1.62. The molecule has 1 aliphatic heterocycles. The van der Waals surface area contributed by atoms with Crippen molar-refractivity contribution >= 4 is 11.4 Å². The lowest BCUT2D eigenvalue weighted by atomic mass is 10.1. The van der Waals surface area contributed by atoms with Crippen molar-refractivity contribution in [2.75, 3.05) is 29.9 Å². The minimum absolute atomic E-state index is 0.460. The first-order valence-electron chi connectivity index (χ1n) is 5.51. The van der Waals surface area contributed by atoms with Gasteiger partial charge in [-0.1, -0.05) is 0 Å². The first-order valence-corrected chi connectivity index (χ1v) is 5.51. The zero-order valence-electron chi connectivity index (χ0n) is 9.94. The minimum Gasteiger partial charge on any atom is -0.371 e. The second-order valence-corrected chi connectivity index (χ2v) is 4.38. The lowest BCUT2D eigenvalue weighted by Crippen LogP contribution is -2.42. The molecule has 0 saturated carbocycles. The standard InChI is InChI=1S/C12H16N4/c1-9(2)16-5-4-15(3)11-6-10(7-13)14-8-12(11)16/h6,8-9H,4-5H2,1-3H3. The third-order valence-electron chi connectivity index (χ3n) is 3.00. The maximum Gasteiger partial charge on any atom is 0.142 e. The van der Waals surface area contributed by atoms with Crippen molar-refractivity contribution in [3.05, 3.63) is 18.0 Å². The summed E-state index contributed by atoms with van der Waals surface area (Å²) in [6, 6.07) is 4.41. The molecule has 0 saturated heterocycles. The summed E-state index contributed by atoms with van der Waals surface area (Å²) in [5.41, 5.74) is 2.71. The van der Waals surface area contributed by atoms with E-state index in [0.717, 1.165) is 24.5 Å². The van der Waals surface area contributed by atoms with Crippen LogP contribution in [0.3, 0.4) is 0 Å². The molecule has 0 radical (unpaired) electrons. The molecule has 84 valence electrons. The first kappa shape index (κ1) is 10.7. The Hall–Kier alpha value is -1.76. The van der Waals surface area contributed by atoms with Gasteiger partial charge in [0.2, 0.25) is 0 Å². The summed E-state index contributed by atoms with van der Waals surface area (Å²) in [6.07, 6.45) is 1.81. The Labute approximate surface area is 96.1 Å². The lowest BCUT2D eigenvalue weighted by Gasteiger charge is -2.39. The summed E-state index contributed by atoms with van der Waals surface area (Å²) >= 11 is 0.